The van der Waals surface area contributed by atoms with E-state index in [0.29, 0.717) is 18.8 Å². The van der Waals surface area contributed by atoms with E-state index in [1.165, 1.54) is 12.1 Å². The van der Waals surface area contributed by atoms with E-state index in [0.717, 1.165) is 19.2 Å². The average Bonchev–Trinajstić information content (AvgIpc) is 2.81. The van der Waals surface area contributed by atoms with E-state index in [2.05, 4.69) is 22.2 Å². The molecule has 1 heterocycles. The Morgan fingerprint density at radius 3 is 2.56 bits per heavy atom. The Kier molecular flexibility index (Phi) is 8.77. The highest BCUT2D eigenvalue weighted by molar-refractivity contribution is 7.84. The molecule has 2 aromatic carbocycles. The maximum absolute atomic E-state index is 15.0. The van der Waals surface area contributed by atoms with Crippen LogP contribution in [0, 0.1) is 5.82 Å². The summed E-state index contributed by atoms with van der Waals surface area (Å²) in [6.45, 7) is 4.96. The molecule has 172 valence electrons. The minimum atomic E-state index is -2.71. The summed E-state index contributed by atoms with van der Waals surface area (Å²) in [5.74, 6) is -0.867. The van der Waals surface area contributed by atoms with Crippen LogP contribution in [0.1, 0.15) is 11.1 Å². The zero-order valence-corrected chi connectivity index (χ0v) is 18.1. The number of ether oxygens (including phenoxy) is 1. The van der Waals surface area contributed by atoms with Crippen LogP contribution in [0.5, 0.6) is 0 Å². The quantitative estimate of drug-likeness (QED) is 0.350. The van der Waals surface area contributed by atoms with Gasteiger partial charge in [0, 0.05) is 44.0 Å². The topological polar surface area (TPSA) is 69.5 Å². The number of para-hydroxylation sites is 1. The SMILES string of the molecule is C=N/N=C(\OCC(F)F)c1ccc(CN(c2ccccc2)S(=O)N2CCNCC2)c(F)c1. The van der Waals surface area contributed by atoms with Crippen LogP contribution in [0.4, 0.5) is 18.9 Å². The first-order chi connectivity index (χ1) is 15.5. The van der Waals surface area contributed by atoms with E-state index < -0.39 is 30.0 Å². The molecule has 1 N–H and O–H groups in total. The summed E-state index contributed by atoms with van der Waals surface area (Å²) in [4.78, 5) is 0. The van der Waals surface area contributed by atoms with Crippen molar-refractivity contribution in [3.63, 3.8) is 0 Å². The van der Waals surface area contributed by atoms with Gasteiger partial charge in [-0.2, -0.15) is 5.10 Å². The summed E-state index contributed by atoms with van der Waals surface area (Å²) in [5.41, 5.74) is 1.11. The summed E-state index contributed by atoms with van der Waals surface area (Å²) in [7, 11) is 0. The van der Waals surface area contributed by atoms with E-state index in [4.69, 9.17) is 4.74 Å². The Morgan fingerprint density at radius 2 is 1.94 bits per heavy atom. The van der Waals surface area contributed by atoms with E-state index in [9.17, 15) is 17.4 Å². The fourth-order valence-corrected chi connectivity index (χ4v) is 4.44. The molecule has 32 heavy (non-hydrogen) atoms. The molecule has 0 spiro atoms. The number of hydrogen-bond donors (Lipinski definition) is 1. The molecule has 3 rings (SSSR count). The third-order valence-corrected chi connectivity index (χ3v) is 6.17. The first kappa shape index (κ1) is 23.9. The lowest BCUT2D eigenvalue weighted by Crippen LogP contribution is -2.48. The number of piperazine rings is 1. The second-order valence-corrected chi connectivity index (χ2v) is 8.26. The molecule has 0 radical (unpaired) electrons. The number of rotatable bonds is 9. The van der Waals surface area contributed by atoms with Gasteiger partial charge < -0.3 is 10.1 Å². The van der Waals surface area contributed by atoms with Gasteiger partial charge in [0.15, 0.2) is 17.8 Å². The van der Waals surface area contributed by atoms with Gasteiger partial charge >= 0.3 is 0 Å². The lowest BCUT2D eigenvalue weighted by molar-refractivity contribution is 0.0765. The lowest BCUT2D eigenvalue weighted by Gasteiger charge is -2.32. The molecule has 0 saturated carbocycles. The predicted molar refractivity (Wildman–Crippen MR) is 120 cm³/mol. The van der Waals surface area contributed by atoms with Gasteiger partial charge in [0.05, 0.1) is 12.2 Å². The predicted octanol–water partition coefficient (Wildman–Crippen LogP) is 2.96. The monoisotopic (exact) mass is 467 g/mol. The normalized spacial score (nSPS) is 16.1. The number of halogens is 3. The molecule has 1 saturated heterocycles. The maximum Gasteiger partial charge on any atom is 0.272 e. The summed E-state index contributed by atoms with van der Waals surface area (Å²) in [6, 6.07) is 13.2. The molecule has 0 amide bonds. The van der Waals surface area contributed by atoms with E-state index in [1.54, 1.807) is 4.31 Å². The Bertz CT molecular complexity index is 956. The van der Waals surface area contributed by atoms with Gasteiger partial charge in [0.1, 0.15) is 5.82 Å². The van der Waals surface area contributed by atoms with Crippen LogP contribution in [0.25, 0.3) is 0 Å². The van der Waals surface area contributed by atoms with Gasteiger partial charge in [-0.15, -0.1) is 5.10 Å². The van der Waals surface area contributed by atoms with E-state index in [1.807, 2.05) is 34.6 Å². The molecule has 2 aromatic rings. The fourth-order valence-electron chi connectivity index (χ4n) is 3.11. The molecular formula is C21H24F3N5O2S. The smallest absolute Gasteiger partial charge is 0.272 e. The molecule has 1 fully saturated rings. The van der Waals surface area contributed by atoms with Crippen LogP contribution in [0.2, 0.25) is 0 Å². The van der Waals surface area contributed by atoms with Crippen molar-refractivity contribution in [3.05, 3.63) is 65.5 Å². The first-order valence-corrected chi connectivity index (χ1v) is 11.0. The van der Waals surface area contributed by atoms with Crippen molar-refractivity contribution in [2.75, 3.05) is 37.1 Å². The van der Waals surface area contributed by atoms with Crippen molar-refractivity contribution in [3.8, 4) is 0 Å². The van der Waals surface area contributed by atoms with Crippen molar-refractivity contribution < 1.29 is 22.1 Å². The number of nitrogens with one attached hydrogen (secondary N) is 1. The second-order valence-electron chi connectivity index (χ2n) is 6.84. The Hall–Kier alpha value is -2.76. The standard InChI is InChI=1S/C21H24F3N5O2S/c1-25-27-21(31-15-20(23)24)16-7-8-17(19(22)13-16)14-29(18-5-3-2-4-6-18)32(30)28-11-9-26-10-12-28/h2-8,13,20,26H,1,9-12,14-15H2/b27-21-. The Morgan fingerprint density at radius 1 is 1.22 bits per heavy atom. The maximum atomic E-state index is 15.0. The van der Waals surface area contributed by atoms with Crippen LogP contribution in [0.3, 0.4) is 0 Å². The van der Waals surface area contributed by atoms with E-state index >= 15 is 0 Å². The molecule has 1 atom stereocenters. The van der Waals surface area contributed by atoms with Crippen LogP contribution in [-0.2, 0) is 22.5 Å². The number of nitrogens with zero attached hydrogens (tertiary/aromatic N) is 4. The largest absolute Gasteiger partial charge is 0.470 e. The number of alkyl halides is 2. The highest BCUT2D eigenvalue weighted by Gasteiger charge is 2.24. The number of hydrogen-bond acceptors (Lipinski definition) is 5. The number of benzene rings is 2. The summed E-state index contributed by atoms with van der Waals surface area (Å²) in [6.07, 6.45) is -2.71. The molecule has 0 bridgehead atoms. The average molecular weight is 468 g/mol. The van der Waals surface area contributed by atoms with Crippen molar-refractivity contribution in [1.29, 1.82) is 0 Å². The fraction of sp³-hybridized carbons (Fsp3) is 0.333. The van der Waals surface area contributed by atoms with Crippen molar-refractivity contribution in [2.24, 2.45) is 10.2 Å². The van der Waals surface area contributed by atoms with E-state index in [-0.39, 0.29) is 23.6 Å². The van der Waals surface area contributed by atoms with Gasteiger partial charge in [-0.3, -0.25) is 4.31 Å². The molecule has 11 heteroatoms. The third kappa shape index (κ3) is 6.38. The minimum absolute atomic E-state index is 0.0384. The first-order valence-electron chi connectivity index (χ1n) is 9.93. The summed E-state index contributed by atoms with van der Waals surface area (Å²) in [5, 5.41) is 10.1. The zero-order chi connectivity index (χ0) is 22.9. The van der Waals surface area contributed by atoms with Gasteiger partial charge in [-0.25, -0.2) is 21.7 Å². The van der Waals surface area contributed by atoms with Crippen LogP contribution >= 0.6 is 0 Å². The second kappa shape index (κ2) is 11.7. The van der Waals surface area contributed by atoms with Crippen LogP contribution in [-0.4, -0.2) is 60.3 Å². The van der Waals surface area contributed by atoms with Gasteiger partial charge in [0.25, 0.3) is 6.43 Å². The Balaban J connectivity index is 1.85. The summed E-state index contributed by atoms with van der Waals surface area (Å²) < 4.78 is 61.6. The molecule has 1 unspecified atom stereocenters. The molecule has 0 aromatic heterocycles. The lowest BCUT2D eigenvalue weighted by atomic mass is 10.1. The molecular weight excluding hydrogens is 443 g/mol. The summed E-state index contributed by atoms with van der Waals surface area (Å²) >= 11 is -1.52. The zero-order valence-electron chi connectivity index (χ0n) is 17.3. The highest BCUT2D eigenvalue weighted by atomic mass is 32.2. The molecule has 7 nitrogen and oxygen atoms in total. The van der Waals surface area contributed by atoms with Gasteiger partial charge in [0.2, 0.25) is 5.90 Å². The van der Waals surface area contributed by atoms with Gasteiger partial charge in [-0.1, -0.05) is 24.3 Å². The minimum Gasteiger partial charge on any atom is -0.470 e. The Labute approximate surface area is 187 Å². The van der Waals surface area contributed by atoms with Crippen molar-refractivity contribution in [1.82, 2.24) is 9.62 Å². The molecule has 1 aliphatic heterocycles. The van der Waals surface area contributed by atoms with Crippen molar-refractivity contribution >= 4 is 29.5 Å². The molecule has 1 aliphatic rings. The highest BCUT2D eigenvalue weighted by Crippen LogP contribution is 2.23. The molecule has 0 aliphatic carbocycles. The van der Waals surface area contributed by atoms with Crippen molar-refractivity contribution in [2.45, 2.75) is 13.0 Å². The van der Waals surface area contributed by atoms with Crippen LogP contribution in [0.15, 0.2) is 58.7 Å². The third-order valence-electron chi connectivity index (χ3n) is 4.65. The van der Waals surface area contributed by atoms with Crippen LogP contribution < -0.4 is 9.62 Å². The number of anilines is 1. The van der Waals surface area contributed by atoms with Gasteiger partial charge in [-0.05, 0) is 24.3 Å².